The predicted molar refractivity (Wildman–Crippen MR) is 88.8 cm³/mol. The van der Waals surface area contributed by atoms with Crippen LogP contribution in [-0.2, 0) is 14.6 Å². The van der Waals surface area contributed by atoms with Gasteiger partial charge < -0.3 is 4.90 Å². The Kier molecular flexibility index (Phi) is 4.10. The molecule has 2 fully saturated rings. The van der Waals surface area contributed by atoms with Crippen LogP contribution in [0.15, 0.2) is 16.8 Å². The normalized spacial score (nSPS) is 27.1. The second kappa shape index (κ2) is 5.64. The molecule has 22 heavy (non-hydrogen) atoms. The SMILES string of the molecule is CC1CC(c2ccsc2)CN1C(=O)CC1(CS(C)(=O)=O)CC1. The minimum absolute atomic E-state index is 0.131. The van der Waals surface area contributed by atoms with Gasteiger partial charge in [0.05, 0.1) is 5.75 Å². The first kappa shape index (κ1) is 16.0. The Bertz CT molecular complexity index is 647. The molecule has 1 amide bonds. The molecular weight excluding hydrogens is 318 g/mol. The van der Waals surface area contributed by atoms with Crippen LogP contribution >= 0.6 is 11.3 Å². The first-order valence-electron chi connectivity index (χ1n) is 7.77. The summed E-state index contributed by atoms with van der Waals surface area (Å²) in [6.45, 7) is 2.87. The molecule has 0 spiro atoms. The van der Waals surface area contributed by atoms with Crippen LogP contribution in [0.3, 0.4) is 0 Å². The van der Waals surface area contributed by atoms with Gasteiger partial charge in [-0.25, -0.2) is 8.42 Å². The first-order chi connectivity index (χ1) is 10.3. The number of likely N-dealkylation sites (tertiary alicyclic amines) is 1. The number of hydrogen-bond donors (Lipinski definition) is 0. The Morgan fingerprint density at radius 3 is 2.73 bits per heavy atom. The summed E-state index contributed by atoms with van der Waals surface area (Å²) < 4.78 is 23.1. The van der Waals surface area contributed by atoms with Crippen LogP contribution in [0, 0.1) is 5.41 Å². The highest BCUT2D eigenvalue weighted by Gasteiger charge is 2.48. The third-order valence-corrected chi connectivity index (χ3v) is 6.80. The first-order valence-corrected chi connectivity index (χ1v) is 10.8. The highest BCUT2D eigenvalue weighted by molar-refractivity contribution is 7.90. The van der Waals surface area contributed by atoms with E-state index in [1.165, 1.54) is 11.8 Å². The topological polar surface area (TPSA) is 54.5 Å². The van der Waals surface area contributed by atoms with Crippen molar-refractivity contribution in [2.75, 3.05) is 18.6 Å². The molecule has 1 aliphatic carbocycles. The summed E-state index contributed by atoms with van der Waals surface area (Å²) in [7, 11) is -3.02. The largest absolute Gasteiger partial charge is 0.339 e. The standard InChI is InChI=1S/C16H23NO3S2/c1-12-7-14(13-3-6-21-10-13)9-17(12)15(18)8-16(4-5-16)11-22(2,19)20/h3,6,10,12,14H,4-5,7-9,11H2,1-2H3. The van der Waals surface area contributed by atoms with Crippen LogP contribution in [-0.4, -0.2) is 43.8 Å². The molecule has 6 heteroatoms. The van der Waals surface area contributed by atoms with Crippen LogP contribution < -0.4 is 0 Å². The Balaban J connectivity index is 1.63. The van der Waals surface area contributed by atoms with Crippen molar-refractivity contribution in [1.29, 1.82) is 0 Å². The monoisotopic (exact) mass is 341 g/mol. The van der Waals surface area contributed by atoms with Gasteiger partial charge in [-0.2, -0.15) is 11.3 Å². The van der Waals surface area contributed by atoms with E-state index in [0.29, 0.717) is 12.3 Å². The summed E-state index contributed by atoms with van der Waals surface area (Å²) in [6, 6.07) is 2.38. The fourth-order valence-corrected chi connectivity index (χ4v) is 5.90. The van der Waals surface area contributed by atoms with Crippen molar-refractivity contribution in [3.8, 4) is 0 Å². The van der Waals surface area contributed by atoms with Crippen molar-refractivity contribution in [2.24, 2.45) is 5.41 Å². The summed E-state index contributed by atoms with van der Waals surface area (Å²) in [4.78, 5) is 14.6. The van der Waals surface area contributed by atoms with E-state index in [1.54, 1.807) is 11.3 Å². The maximum Gasteiger partial charge on any atom is 0.223 e. The second-order valence-corrected chi connectivity index (χ2v) is 10.1. The Morgan fingerprint density at radius 1 is 1.45 bits per heavy atom. The van der Waals surface area contributed by atoms with E-state index in [4.69, 9.17) is 0 Å². The van der Waals surface area contributed by atoms with Gasteiger partial charge in [0.1, 0.15) is 9.84 Å². The molecule has 1 aliphatic heterocycles. The molecule has 0 N–H and O–H groups in total. The molecule has 4 nitrogen and oxygen atoms in total. The molecule has 2 heterocycles. The van der Waals surface area contributed by atoms with Crippen molar-refractivity contribution in [2.45, 2.75) is 44.6 Å². The number of carbonyl (C=O) groups is 1. The van der Waals surface area contributed by atoms with Crippen LogP contribution in [0.4, 0.5) is 0 Å². The van der Waals surface area contributed by atoms with Crippen LogP contribution in [0.25, 0.3) is 0 Å². The highest BCUT2D eigenvalue weighted by Crippen LogP contribution is 2.50. The number of thiophene rings is 1. The summed E-state index contributed by atoms with van der Waals surface area (Å²) in [5, 5.41) is 4.24. The summed E-state index contributed by atoms with van der Waals surface area (Å²) in [6.07, 6.45) is 4.38. The summed E-state index contributed by atoms with van der Waals surface area (Å²) in [5.41, 5.74) is 1.05. The third-order valence-electron chi connectivity index (χ3n) is 4.96. The minimum Gasteiger partial charge on any atom is -0.339 e. The lowest BCUT2D eigenvalue weighted by molar-refractivity contribution is -0.132. The van der Waals surface area contributed by atoms with Crippen molar-refractivity contribution in [1.82, 2.24) is 4.90 Å². The van der Waals surface area contributed by atoms with E-state index >= 15 is 0 Å². The molecule has 1 saturated carbocycles. The highest BCUT2D eigenvalue weighted by atomic mass is 32.2. The molecule has 122 valence electrons. The number of hydrogen-bond acceptors (Lipinski definition) is 4. The van der Waals surface area contributed by atoms with Crippen LogP contribution in [0.2, 0.25) is 0 Å². The molecule has 0 radical (unpaired) electrons. The second-order valence-electron chi connectivity index (χ2n) is 7.13. The van der Waals surface area contributed by atoms with E-state index in [-0.39, 0.29) is 23.1 Å². The Labute approximate surface area is 136 Å². The molecule has 2 atom stereocenters. The van der Waals surface area contributed by atoms with Gasteiger partial charge >= 0.3 is 0 Å². The number of carbonyl (C=O) groups excluding carboxylic acids is 1. The molecule has 2 unspecified atom stereocenters. The van der Waals surface area contributed by atoms with Gasteiger partial charge in [0.15, 0.2) is 0 Å². The van der Waals surface area contributed by atoms with Crippen LogP contribution in [0.1, 0.15) is 44.1 Å². The van der Waals surface area contributed by atoms with Gasteiger partial charge in [-0.3, -0.25) is 4.79 Å². The average molecular weight is 341 g/mol. The quantitative estimate of drug-likeness (QED) is 0.827. The fraction of sp³-hybridized carbons (Fsp3) is 0.688. The van der Waals surface area contributed by atoms with Gasteiger partial charge in [-0.1, -0.05) is 0 Å². The molecule has 1 saturated heterocycles. The molecule has 1 aromatic heterocycles. The summed E-state index contributed by atoms with van der Waals surface area (Å²) >= 11 is 1.69. The zero-order valence-corrected chi connectivity index (χ0v) is 14.8. The van der Waals surface area contributed by atoms with Gasteiger partial charge in [0.25, 0.3) is 0 Å². The van der Waals surface area contributed by atoms with E-state index in [0.717, 1.165) is 25.8 Å². The number of sulfone groups is 1. The van der Waals surface area contributed by atoms with Gasteiger partial charge in [-0.15, -0.1) is 0 Å². The fourth-order valence-electron chi connectivity index (χ4n) is 3.65. The van der Waals surface area contributed by atoms with Crippen LogP contribution in [0.5, 0.6) is 0 Å². The van der Waals surface area contributed by atoms with Crippen molar-refractivity contribution < 1.29 is 13.2 Å². The van der Waals surface area contributed by atoms with Crippen molar-refractivity contribution in [3.05, 3.63) is 22.4 Å². The lowest BCUT2D eigenvalue weighted by Gasteiger charge is -2.24. The predicted octanol–water partition coefficient (Wildman–Crippen LogP) is 2.67. The maximum atomic E-state index is 12.6. The maximum absolute atomic E-state index is 12.6. The van der Waals surface area contributed by atoms with E-state index < -0.39 is 9.84 Å². The number of amides is 1. The molecule has 3 rings (SSSR count). The number of nitrogens with zero attached hydrogens (tertiary/aromatic N) is 1. The molecule has 1 aromatic rings. The smallest absolute Gasteiger partial charge is 0.223 e. The zero-order chi connectivity index (χ0) is 16.0. The zero-order valence-electron chi connectivity index (χ0n) is 13.1. The summed E-state index contributed by atoms with van der Waals surface area (Å²) in [5.74, 6) is 0.712. The number of rotatable bonds is 5. The lowest BCUT2D eigenvalue weighted by atomic mass is 10.00. The molecule has 0 bridgehead atoms. The lowest BCUT2D eigenvalue weighted by Crippen LogP contribution is -2.36. The minimum atomic E-state index is -3.02. The van der Waals surface area contributed by atoms with Gasteiger partial charge in [0.2, 0.25) is 5.91 Å². The van der Waals surface area contributed by atoms with Gasteiger partial charge in [0, 0.05) is 31.2 Å². The molecule has 2 aliphatic rings. The Hall–Kier alpha value is -0.880. The molecule has 0 aromatic carbocycles. The van der Waals surface area contributed by atoms with E-state index in [2.05, 4.69) is 23.8 Å². The van der Waals surface area contributed by atoms with Crippen molar-refractivity contribution in [3.63, 3.8) is 0 Å². The average Bonchev–Trinajstić information content (AvgIpc) is 2.85. The third kappa shape index (κ3) is 3.54. The van der Waals surface area contributed by atoms with Crippen molar-refractivity contribution >= 4 is 27.1 Å². The Morgan fingerprint density at radius 2 is 2.18 bits per heavy atom. The van der Waals surface area contributed by atoms with Gasteiger partial charge in [-0.05, 0) is 54.0 Å². The van der Waals surface area contributed by atoms with E-state index in [9.17, 15) is 13.2 Å². The van der Waals surface area contributed by atoms with E-state index in [1.807, 2.05) is 4.90 Å². The molecular formula is C16H23NO3S2.